The van der Waals surface area contributed by atoms with Crippen molar-refractivity contribution in [2.75, 3.05) is 26.4 Å². The van der Waals surface area contributed by atoms with Crippen LogP contribution in [-0.4, -0.2) is 59.2 Å². The molecule has 0 spiro atoms. The fraction of sp³-hybridized carbons (Fsp3) is 0.900. The van der Waals surface area contributed by atoms with E-state index < -0.39 is 5.54 Å². The number of carbonyl (C=O) groups is 1. The van der Waals surface area contributed by atoms with Crippen molar-refractivity contribution in [3.05, 3.63) is 0 Å². The number of nitrogens with one attached hydrogen (secondary N) is 2. The van der Waals surface area contributed by atoms with Crippen LogP contribution in [0.3, 0.4) is 0 Å². The van der Waals surface area contributed by atoms with E-state index in [9.17, 15) is 4.79 Å². The standard InChI is InChI=1S/C10H20N2O4/c13-5-10(6-14,7-15)11-4-3-9(16)12-8-1-2-8/h8,11,13-15H,1-7H2,(H,12,16). The number of aliphatic hydroxyl groups excluding tert-OH is 3. The molecule has 94 valence electrons. The Labute approximate surface area is 94.7 Å². The number of rotatable bonds is 8. The molecule has 1 amide bonds. The van der Waals surface area contributed by atoms with E-state index in [-0.39, 0.29) is 32.1 Å². The summed E-state index contributed by atoms with van der Waals surface area (Å²) in [5.41, 5.74) is -1.10. The lowest BCUT2D eigenvalue weighted by atomic mass is 10.0. The van der Waals surface area contributed by atoms with Crippen LogP contribution in [0, 0.1) is 0 Å². The lowest BCUT2D eigenvalue weighted by molar-refractivity contribution is -0.121. The van der Waals surface area contributed by atoms with Crippen LogP contribution in [0.4, 0.5) is 0 Å². The van der Waals surface area contributed by atoms with Crippen molar-refractivity contribution in [1.29, 1.82) is 0 Å². The van der Waals surface area contributed by atoms with Crippen molar-refractivity contribution in [2.45, 2.75) is 30.8 Å². The van der Waals surface area contributed by atoms with Crippen molar-refractivity contribution in [3.8, 4) is 0 Å². The summed E-state index contributed by atoms with van der Waals surface area (Å²) >= 11 is 0. The van der Waals surface area contributed by atoms with Crippen molar-refractivity contribution in [3.63, 3.8) is 0 Å². The van der Waals surface area contributed by atoms with E-state index in [1.54, 1.807) is 0 Å². The van der Waals surface area contributed by atoms with Gasteiger partial charge in [-0.15, -0.1) is 0 Å². The van der Waals surface area contributed by atoms with Crippen molar-refractivity contribution in [1.82, 2.24) is 10.6 Å². The first-order valence-corrected chi connectivity index (χ1v) is 5.53. The Kier molecular flexibility index (Phi) is 5.14. The zero-order valence-electron chi connectivity index (χ0n) is 9.28. The van der Waals surface area contributed by atoms with Crippen LogP contribution in [0.5, 0.6) is 0 Å². The van der Waals surface area contributed by atoms with Gasteiger partial charge in [0, 0.05) is 19.0 Å². The summed E-state index contributed by atoms with van der Waals surface area (Å²) in [6.45, 7) is -0.793. The lowest BCUT2D eigenvalue weighted by Crippen LogP contribution is -2.55. The molecule has 0 aliphatic heterocycles. The fourth-order valence-corrected chi connectivity index (χ4v) is 1.29. The predicted molar refractivity (Wildman–Crippen MR) is 57.8 cm³/mol. The summed E-state index contributed by atoms with van der Waals surface area (Å²) < 4.78 is 0. The second-order valence-electron chi connectivity index (χ2n) is 4.27. The smallest absolute Gasteiger partial charge is 0.221 e. The number of hydrogen-bond acceptors (Lipinski definition) is 5. The van der Waals surface area contributed by atoms with Crippen LogP contribution in [0.2, 0.25) is 0 Å². The van der Waals surface area contributed by atoms with Gasteiger partial charge in [-0.3, -0.25) is 4.79 Å². The summed E-state index contributed by atoms with van der Waals surface area (Å²) in [5.74, 6) is -0.0438. The van der Waals surface area contributed by atoms with E-state index in [2.05, 4.69) is 10.6 Å². The second kappa shape index (κ2) is 6.15. The molecule has 0 saturated heterocycles. The Morgan fingerprint density at radius 2 is 1.75 bits per heavy atom. The molecule has 0 heterocycles. The van der Waals surface area contributed by atoms with Crippen molar-refractivity contribution >= 4 is 5.91 Å². The third kappa shape index (κ3) is 4.05. The summed E-state index contributed by atoms with van der Waals surface area (Å²) in [6.07, 6.45) is 2.37. The van der Waals surface area contributed by atoms with Gasteiger partial charge < -0.3 is 26.0 Å². The number of amides is 1. The van der Waals surface area contributed by atoms with Crippen LogP contribution in [0.15, 0.2) is 0 Å². The van der Waals surface area contributed by atoms with Gasteiger partial charge in [-0.05, 0) is 12.8 Å². The maximum absolute atomic E-state index is 11.3. The van der Waals surface area contributed by atoms with Gasteiger partial charge in [0.1, 0.15) is 0 Å². The zero-order chi connectivity index (χ0) is 12.0. The molecule has 6 nitrogen and oxygen atoms in total. The van der Waals surface area contributed by atoms with Crippen molar-refractivity contribution < 1.29 is 20.1 Å². The third-order valence-corrected chi connectivity index (χ3v) is 2.70. The zero-order valence-corrected chi connectivity index (χ0v) is 9.28. The molecule has 0 radical (unpaired) electrons. The molecular formula is C10H20N2O4. The molecule has 0 atom stereocenters. The molecule has 0 unspecified atom stereocenters. The minimum Gasteiger partial charge on any atom is -0.394 e. The average Bonchev–Trinajstić information content (AvgIpc) is 3.09. The first kappa shape index (κ1) is 13.4. The van der Waals surface area contributed by atoms with E-state index in [4.69, 9.17) is 15.3 Å². The molecule has 1 aliphatic rings. The van der Waals surface area contributed by atoms with Crippen LogP contribution in [0.25, 0.3) is 0 Å². The average molecular weight is 232 g/mol. The topological polar surface area (TPSA) is 102 Å². The molecule has 1 aliphatic carbocycles. The van der Waals surface area contributed by atoms with E-state index in [0.29, 0.717) is 12.6 Å². The molecular weight excluding hydrogens is 212 g/mol. The third-order valence-electron chi connectivity index (χ3n) is 2.70. The molecule has 1 saturated carbocycles. The van der Waals surface area contributed by atoms with Gasteiger partial charge in [0.05, 0.1) is 25.4 Å². The largest absolute Gasteiger partial charge is 0.394 e. The van der Waals surface area contributed by atoms with Crippen LogP contribution in [-0.2, 0) is 4.79 Å². The summed E-state index contributed by atoms with van der Waals surface area (Å²) in [6, 6.07) is 0.339. The summed E-state index contributed by atoms with van der Waals surface area (Å²) in [4.78, 5) is 11.3. The molecule has 1 rings (SSSR count). The Bertz CT molecular complexity index is 219. The normalized spacial score (nSPS) is 16.2. The molecule has 6 heteroatoms. The molecule has 0 aromatic heterocycles. The summed E-state index contributed by atoms with van der Waals surface area (Å²) in [7, 11) is 0. The summed E-state index contributed by atoms with van der Waals surface area (Å²) in [5, 5.41) is 32.7. The van der Waals surface area contributed by atoms with Gasteiger partial charge in [-0.25, -0.2) is 0 Å². The first-order valence-electron chi connectivity index (χ1n) is 5.53. The van der Waals surface area contributed by atoms with Crippen LogP contribution < -0.4 is 10.6 Å². The molecule has 0 aromatic rings. The Morgan fingerprint density at radius 1 is 1.19 bits per heavy atom. The quantitative estimate of drug-likeness (QED) is 0.332. The highest BCUT2D eigenvalue weighted by Crippen LogP contribution is 2.18. The number of aliphatic hydroxyl groups is 3. The lowest BCUT2D eigenvalue weighted by Gasteiger charge is -2.28. The maximum atomic E-state index is 11.3. The number of carbonyl (C=O) groups excluding carboxylic acids is 1. The minimum absolute atomic E-state index is 0.0438. The van der Waals surface area contributed by atoms with Gasteiger partial charge in [0.15, 0.2) is 0 Å². The minimum atomic E-state index is -1.10. The van der Waals surface area contributed by atoms with Crippen LogP contribution >= 0.6 is 0 Å². The highest BCUT2D eigenvalue weighted by molar-refractivity contribution is 5.76. The predicted octanol–water partition coefficient (Wildman–Crippen LogP) is -2.04. The fourth-order valence-electron chi connectivity index (χ4n) is 1.29. The van der Waals surface area contributed by atoms with E-state index in [0.717, 1.165) is 12.8 Å². The SMILES string of the molecule is O=C(CCNC(CO)(CO)CO)NC1CC1. The Hall–Kier alpha value is -0.690. The van der Waals surface area contributed by atoms with E-state index in [1.165, 1.54) is 0 Å². The monoisotopic (exact) mass is 232 g/mol. The Morgan fingerprint density at radius 3 is 2.19 bits per heavy atom. The van der Waals surface area contributed by atoms with Crippen molar-refractivity contribution in [2.24, 2.45) is 0 Å². The molecule has 1 fully saturated rings. The molecule has 0 bridgehead atoms. The van der Waals surface area contributed by atoms with Gasteiger partial charge in [-0.2, -0.15) is 0 Å². The molecule has 5 N–H and O–H groups in total. The van der Waals surface area contributed by atoms with Gasteiger partial charge in [-0.1, -0.05) is 0 Å². The van der Waals surface area contributed by atoms with Gasteiger partial charge in [0.2, 0.25) is 5.91 Å². The first-order chi connectivity index (χ1) is 7.65. The van der Waals surface area contributed by atoms with E-state index in [1.807, 2.05) is 0 Å². The number of hydrogen-bond donors (Lipinski definition) is 5. The van der Waals surface area contributed by atoms with E-state index >= 15 is 0 Å². The van der Waals surface area contributed by atoms with Gasteiger partial charge in [0.25, 0.3) is 0 Å². The highest BCUT2D eigenvalue weighted by Gasteiger charge is 2.27. The highest BCUT2D eigenvalue weighted by atomic mass is 16.3. The molecule has 16 heavy (non-hydrogen) atoms. The second-order valence-corrected chi connectivity index (χ2v) is 4.27. The Balaban J connectivity index is 2.18. The van der Waals surface area contributed by atoms with Gasteiger partial charge >= 0.3 is 0 Å². The molecule has 0 aromatic carbocycles. The maximum Gasteiger partial charge on any atom is 0.221 e. The van der Waals surface area contributed by atoms with Crippen LogP contribution in [0.1, 0.15) is 19.3 Å².